The predicted octanol–water partition coefficient (Wildman–Crippen LogP) is 9.41. The summed E-state index contributed by atoms with van der Waals surface area (Å²) >= 11 is 0. The van der Waals surface area contributed by atoms with Crippen molar-refractivity contribution in [2.75, 3.05) is 83.6 Å². The van der Waals surface area contributed by atoms with Gasteiger partial charge in [0.1, 0.15) is 42.1 Å². The molecule has 0 unspecified atom stereocenters. The summed E-state index contributed by atoms with van der Waals surface area (Å²) in [7, 11) is 3.63. The van der Waals surface area contributed by atoms with Gasteiger partial charge in [-0.25, -0.2) is 28.2 Å². The number of nitrogens with one attached hydrogen (secondary N) is 4. The van der Waals surface area contributed by atoms with Gasteiger partial charge in [-0.15, -0.1) is 0 Å². The lowest BCUT2D eigenvalue weighted by molar-refractivity contribution is -0.147. The lowest BCUT2D eigenvalue weighted by Crippen LogP contribution is -2.62. The molecule has 4 heterocycles. The Kier molecular flexibility index (Phi) is 23.0. The summed E-state index contributed by atoms with van der Waals surface area (Å²) in [4.78, 5) is 82.8. The number of hydrogen-bond donors (Lipinski definition) is 4. The van der Waals surface area contributed by atoms with Crippen LogP contribution < -0.4 is 30.9 Å². The molecule has 494 valence electrons. The zero-order valence-corrected chi connectivity index (χ0v) is 54.1. The molecule has 0 bridgehead atoms. The number of benzene rings is 3. The smallest absolute Gasteiger partial charge is 0.416 e. The van der Waals surface area contributed by atoms with Crippen molar-refractivity contribution in [2.45, 2.75) is 136 Å². The van der Waals surface area contributed by atoms with Crippen LogP contribution in [-0.4, -0.2) is 156 Å². The molecule has 4 N–H and O–H groups in total. The van der Waals surface area contributed by atoms with Crippen molar-refractivity contribution >= 4 is 41.2 Å². The van der Waals surface area contributed by atoms with Crippen LogP contribution in [0.15, 0.2) is 102 Å². The number of fused-ring (bicyclic) bond motifs is 2. The monoisotopic (exact) mass is 1270 g/mol. The fourth-order valence-electron chi connectivity index (χ4n) is 10.8. The van der Waals surface area contributed by atoms with Crippen LogP contribution in [-0.2, 0) is 59.3 Å². The summed E-state index contributed by atoms with van der Waals surface area (Å²) in [5.41, 5.74) is 3.66. The topological polar surface area (TPSA) is 246 Å². The summed E-state index contributed by atoms with van der Waals surface area (Å²) < 4.78 is 64.4. The lowest BCUT2D eigenvalue weighted by atomic mass is 9.83. The van der Waals surface area contributed by atoms with E-state index in [-0.39, 0.29) is 54.2 Å². The van der Waals surface area contributed by atoms with E-state index < -0.39 is 53.3 Å². The van der Waals surface area contributed by atoms with Gasteiger partial charge >= 0.3 is 6.09 Å². The van der Waals surface area contributed by atoms with Crippen LogP contribution in [0.2, 0.25) is 0 Å². The van der Waals surface area contributed by atoms with E-state index in [4.69, 9.17) is 28.1 Å². The molecule has 1 saturated carbocycles. The molecule has 3 aromatic carbocycles. The van der Waals surface area contributed by atoms with Crippen molar-refractivity contribution in [3.63, 3.8) is 0 Å². The molecule has 4 atom stereocenters. The van der Waals surface area contributed by atoms with Gasteiger partial charge < -0.3 is 54.3 Å². The molecule has 1 fully saturated rings. The Hall–Kier alpha value is -8.16. The Balaban J connectivity index is 0.670. The minimum absolute atomic E-state index is 0.0642. The summed E-state index contributed by atoms with van der Waals surface area (Å²) in [6.45, 7) is 17.1. The first-order chi connectivity index (χ1) is 44.0. The molecule has 22 nitrogen and oxygen atoms in total. The molecule has 3 aliphatic rings. The first-order valence-corrected chi connectivity index (χ1v) is 31.5. The predicted molar refractivity (Wildman–Crippen MR) is 341 cm³/mol. The second kappa shape index (κ2) is 31.0. The van der Waals surface area contributed by atoms with Crippen molar-refractivity contribution < 1.29 is 60.9 Å². The van der Waals surface area contributed by atoms with E-state index in [1.54, 1.807) is 61.8 Å². The van der Waals surface area contributed by atoms with Gasteiger partial charge in [-0.3, -0.25) is 29.0 Å². The number of rotatable bonds is 29. The van der Waals surface area contributed by atoms with E-state index in [0.717, 1.165) is 60.6 Å². The third-order valence-electron chi connectivity index (χ3n) is 16.3. The number of nitrogens with zero attached hydrogens (tertiary/aromatic N) is 7. The van der Waals surface area contributed by atoms with Gasteiger partial charge in [-0.1, -0.05) is 63.2 Å². The third-order valence-corrected chi connectivity index (χ3v) is 16.3. The largest absolute Gasteiger partial charge is 0.491 e. The van der Waals surface area contributed by atoms with Crippen molar-refractivity contribution in [1.82, 2.24) is 45.5 Å². The van der Waals surface area contributed by atoms with Crippen molar-refractivity contribution in [1.29, 1.82) is 0 Å². The van der Waals surface area contributed by atoms with Crippen LogP contribution in [0.1, 0.15) is 131 Å². The molecule has 3 aromatic heterocycles. The average molecular weight is 1270 g/mol. The normalized spacial score (nSPS) is 16.3. The standard InChI is InChI=1S/C68H87F2N11O11/c1-43(78(8)9)61(82)76-59(67(2,3)4)65(85)79-40-49-35-51(24-21-47(49)36-56(79)63(84)73-53-16-12-14-46-13-10-11-15-52(46)53)90-34-33-89-32-31-88-30-29-87-28-27-71-38-44-19-22-50(23-20-44)81-41-54(58(77-81)60(69)70)74-62(83)55-42-91-64(75-55)48-25-26-72-57(37-48)80(39-45-17-18-45)66(86)92-68(5,6)7/h10-11,13,15,19-26,35,37,41-43,45,53,56,59-60,71H,12,14,16-18,27-34,36,38-40H2,1-9H3,(H,73,84)(H,74,83)(H,76,82)/t43-,53+,56-,59+/m0/s1. The summed E-state index contributed by atoms with van der Waals surface area (Å²) in [6.07, 6.45) is 5.42. The Labute approximate surface area is 536 Å². The third kappa shape index (κ3) is 18.5. The van der Waals surface area contributed by atoms with Gasteiger partial charge in [0, 0.05) is 44.4 Å². The maximum absolute atomic E-state index is 14.8. The SMILES string of the molecule is C[C@@H](C(=O)N[C@H](C(=O)N1Cc2cc(OCCOCCOCCOCCNCc3ccc(-n4cc(NC(=O)c5coc(-c6ccnc(N(CC7CC7)C(=O)OC(C)(C)C)c6)n5)c(C(F)F)n4)cc3)ccc2C[C@H]1C(=O)N[C@@H]1CCCc2ccccc21)C(C)(C)C)N(C)C. The average Bonchev–Trinajstić information content (AvgIpc) is 1.00. The van der Waals surface area contributed by atoms with Crippen LogP contribution in [0.4, 0.5) is 25.1 Å². The maximum atomic E-state index is 14.8. The fourth-order valence-corrected chi connectivity index (χ4v) is 10.8. The minimum Gasteiger partial charge on any atom is -0.491 e. The molecule has 1 aliphatic heterocycles. The fraction of sp³-hybridized carbons (Fsp3) is 0.500. The van der Waals surface area contributed by atoms with E-state index in [2.05, 4.69) is 48.5 Å². The number of halogens is 2. The molecule has 5 amide bonds. The second-order valence-electron chi connectivity index (χ2n) is 25.8. The molecule has 92 heavy (non-hydrogen) atoms. The molecule has 0 saturated heterocycles. The number of ether oxygens (including phenoxy) is 5. The van der Waals surface area contributed by atoms with Gasteiger partial charge in [0.15, 0.2) is 11.4 Å². The zero-order chi connectivity index (χ0) is 65.7. The molecule has 2 aliphatic carbocycles. The summed E-state index contributed by atoms with van der Waals surface area (Å²) in [5, 5.41) is 16.2. The van der Waals surface area contributed by atoms with Gasteiger partial charge in [-0.05, 0) is 149 Å². The number of anilines is 2. The highest BCUT2D eigenvalue weighted by Crippen LogP contribution is 2.36. The maximum Gasteiger partial charge on any atom is 0.416 e. The number of carbonyl (C=O) groups excluding carboxylic acids is 5. The number of aryl methyl sites for hydroxylation is 1. The lowest BCUT2D eigenvalue weighted by Gasteiger charge is -2.42. The van der Waals surface area contributed by atoms with Gasteiger partial charge in [0.25, 0.3) is 12.3 Å². The van der Waals surface area contributed by atoms with Crippen LogP contribution in [0.3, 0.4) is 0 Å². The molecule has 24 heteroatoms. The van der Waals surface area contributed by atoms with E-state index in [1.165, 1.54) is 27.5 Å². The number of hydrogen-bond acceptors (Lipinski definition) is 16. The summed E-state index contributed by atoms with van der Waals surface area (Å²) in [5.74, 6) is -0.262. The highest BCUT2D eigenvalue weighted by atomic mass is 19.3. The van der Waals surface area contributed by atoms with Crippen molar-refractivity contribution in [3.05, 3.63) is 137 Å². The Morgan fingerprint density at radius 1 is 0.826 bits per heavy atom. The highest BCUT2D eigenvalue weighted by molar-refractivity contribution is 6.03. The molecule has 9 rings (SSSR count). The molecule has 6 aromatic rings. The molecule has 0 spiro atoms. The molecular weight excluding hydrogens is 1180 g/mol. The van der Waals surface area contributed by atoms with E-state index in [9.17, 15) is 32.8 Å². The Morgan fingerprint density at radius 3 is 2.24 bits per heavy atom. The zero-order valence-electron chi connectivity index (χ0n) is 54.1. The molecule has 0 radical (unpaired) electrons. The Bertz CT molecular complexity index is 3490. The van der Waals surface area contributed by atoms with Gasteiger partial charge in [0.05, 0.1) is 69.3 Å². The van der Waals surface area contributed by atoms with E-state index >= 15 is 0 Å². The number of oxazole rings is 1. The Morgan fingerprint density at radius 2 is 1.54 bits per heavy atom. The van der Waals surface area contributed by atoms with Crippen molar-refractivity contribution in [2.24, 2.45) is 11.3 Å². The van der Waals surface area contributed by atoms with Crippen LogP contribution in [0.25, 0.3) is 17.1 Å². The van der Waals surface area contributed by atoms with Crippen LogP contribution in [0, 0.1) is 11.3 Å². The number of likely N-dealkylation sites (N-methyl/N-ethyl adjacent to an activating group) is 1. The number of pyridine rings is 1. The number of amides is 5. The highest BCUT2D eigenvalue weighted by Gasteiger charge is 2.43. The van der Waals surface area contributed by atoms with E-state index in [0.29, 0.717) is 94.4 Å². The first-order valence-electron chi connectivity index (χ1n) is 31.5. The van der Waals surface area contributed by atoms with Gasteiger partial charge in [0.2, 0.25) is 23.6 Å². The number of alkyl halides is 2. The quantitative estimate of drug-likeness (QED) is 0.0319. The minimum atomic E-state index is -2.99. The number of carbonyl (C=O) groups is 5. The first kappa shape index (κ1) is 68.2. The second-order valence-corrected chi connectivity index (χ2v) is 25.8. The van der Waals surface area contributed by atoms with Gasteiger partial charge in [-0.2, -0.15) is 5.10 Å². The van der Waals surface area contributed by atoms with Crippen LogP contribution in [0.5, 0.6) is 5.75 Å². The van der Waals surface area contributed by atoms with Crippen molar-refractivity contribution in [3.8, 4) is 22.9 Å². The molecular formula is C68H87F2N11O11. The van der Waals surface area contributed by atoms with E-state index in [1.807, 2.05) is 77.3 Å². The number of aromatic nitrogens is 4. The summed E-state index contributed by atoms with van der Waals surface area (Å²) in [6, 6.07) is 22.0. The van der Waals surface area contributed by atoms with Crippen LogP contribution >= 0.6 is 0 Å².